The van der Waals surface area contributed by atoms with Gasteiger partial charge in [-0.2, -0.15) is 0 Å². The molecule has 1 heterocycles. The number of oxazole rings is 1. The van der Waals surface area contributed by atoms with Crippen molar-refractivity contribution in [3.63, 3.8) is 0 Å². The van der Waals surface area contributed by atoms with Crippen LogP contribution in [0.2, 0.25) is 0 Å². The van der Waals surface area contributed by atoms with Gasteiger partial charge in [0.15, 0.2) is 5.58 Å². The van der Waals surface area contributed by atoms with Crippen LogP contribution in [0.15, 0.2) is 45.3 Å². The summed E-state index contributed by atoms with van der Waals surface area (Å²) in [6, 6.07) is 10.6. The third-order valence-corrected chi connectivity index (χ3v) is 3.40. The zero-order valence-corrected chi connectivity index (χ0v) is 11.8. The lowest BCUT2D eigenvalue weighted by atomic mass is 10.1. The van der Waals surface area contributed by atoms with Crippen molar-refractivity contribution in [1.82, 2.24) is 4.98 Å². The Morgan fingerprint density at radius 1 is 1.20 bits per heavy atom. The summed E-state index contributed by atoms with van der Waals surface area (Å²) in [4.78, 5) is 15.8. The van der Waals surface area contributed by atoms with Gasteiger partial charge in [-0.1, -0.05) is 15.9 Å². The molecule has 2 aromatic carbocycles. The predicted molar refractivity (Wildman–Crippen MR) is 80.1 cm³/mol. The molecule has 0 unspecified atom stereocenters. The highest BCUT2D eigenvalue weighted by Gasteiger charge is 2.15. The third-order valence-electron chi connectivity index (χ3n) is 2.87. The fraction of sp³-hybridized carbons (Fsp3) is 0. The maximum absolute atomic E-state index is 11.4. The summed E-state index contributed by atoms with van der Waals surface area (Å²) < 4.78 is 6.62. The number of nitrogens with zero attached hydrogens (tertiary/aromatic N) is 1. The van der Waals surface area contributed by atoms with Gasteiger partial charge in [-0.3, -0.25) is 4.79 Å². The first-order valence-electron chi connectivity index (χ1n) is 5.80. The standard InChI is InChI=1S/C14H10BrN3O2/c15-8-3-1-7(2-4-8)14-18-11-6-9(16)5-10(13(17)19)12(11)20-14/h1-6H,16H2,(H2,17,19). The van der Waals surface area contributed by atoms with E-state index in [-0.39, 0.29) is 5.56 Å². The van der Waals surface area contributed by atoms with Gasteiger partial charge in [-0.25, -0.2) is 4.98 Å². The molecule has 0 saturated heterocycles. The molecular weight excluding hydrogens is 322 g/mol. The fourth-order valence-electron chi connectivity index (χ4n) is 1.95. The Morgan fingerprint density at radius 3 is 2.55 bits per heavy atom. The first-order chi connectivity index (χ1) is 9.54. The number of benzene rings is 2. The monoisotopic (exact) mass is 331 g/mol. The number of aromatic nitrogens is 1. The maximum atomic E-state index is 11.4. The highest BCUT2D eigenvalue weighted by atomic mass is 79.9. The number of rotatable bonds is 2. The molecule has 5 nitrogen and oxygen atoms in total. The van der Waals surface area contributed by atoms with E-state index in [9.17, 15) is 4.79 Å². The van der Waals surface area contributed by atoms with Crippen LogP contribution >= 0.6 is 15.9 Å². The van der Waals surface area contributed by atoms with Gasteiger partial charge in [-0.15, -0.1) is 0 Å². The van der Waals surface area contributed by atoms with Crippen LogP contribution in [0.4, 0.5) is 5.69 Å². The van der Waals surface area contributed by atoms with E-state index in [1.807, 2.05) is 24.3 Å². The Morgan fingerprint density at radius 2 is 1.90 bits per heavy atom. The van der Waals surface area contributed by atoms with Gasteiger partial charge in [0.1, 0.15) is 5.52 Å². The molecule has 0 atom stereocenters. The predicted octanol–water partition coefficient (Wildman–Crippen LogP) is 2.94. The van der Waals surface area contributed by atoms with Crippen LogP contribution in [0.5, 0.6) is 0 Å². The highest BCUT2D eigenvalue weighted by Crippen LogP contribution is 2.29. The van der Waals surface area contributed by atoms with Gasteiger partial charge < -0.3 is 15.9 Å². The minimum atomic E-state index is -0.596. The summed E-state index contributed by atoms with van der Waals surface area (Å²) in [5, 5.41) is 0. The van der Waals surface area contributed by atoms with Gasteiger partial charge in [0, 0.05) is 15.7 Å². The lowest BCUT2D eigenvalue weighted by Gasteiger charge is -1.98. The van der Waals surface area contributed by atoms with E-state index in [0.717, 1.165) is 10.0 Å². The summed E-state index contributed by atoms with van der Waals surface area (Å²) in [5.41, 5.74) is 13.4. The van der Waals surface area contributed by atoms with Crippen LogP contribution in [-0.2, 0) is 0 Å². The zero-order valence-electron chi connectivity index (χ0n) is 10.3. The average molecular weight is 332 g/mol. The number of carbonyl (C=O) groups excluding carboxylic acids is 1. The molecule has 0 bridgehead atoms. The molecule has 4 N–H and O–H groups in total. The zero-order chi connectivity index (χ0) is 14.3. The van der Waals surface area contributed by atoms with Crippen LogP contribution in [0.3, 0.4) is 0 Å². The number of amides is 1. The maximum Gasteiger partial charge on any atom is 0.252 e. The van der Waals surface area contributed by atoms with E-state index in [2.05, 4.69) is 20.9 Å². The van der Waals surface area contributed by atoms with Crippen LogP contribution < -0.4 is 11.5 Å². The van der Waals surface area contributed by atoms with Crippen molar-refractivity contribution >= 4 is 38.6 Å². The molecule has 0 aliphatic carbocycles. The second-order valence-electron chi connectivity index (χ2n) is 4.31. The van der Waals surface area contributed by atoms with Crippen LogP contribution in [0.25, 0.3) is 22.6 Å². The lowest BCUT2D eigenvalue weighted by Crippen LogP contribution is -2.11. The van der Waals surface area contributed by atoms with Gasteiger partial charge in [0.05, 0.1) is 5.56 Å². The minimum absolute atomic E-state index is 0.232. The molecule has 0 radical (unpaired) electrons. The summed E-state index contributed by atoms with van der Waals surface area (Å²) in [6.07, 6.45) is 0. The summed E-state index contributed by atoms with van der Waals surface area (Å²) in [7, 11) is 0. The molecule has 1 amide bonds. The molecule has 0 aliphatic heterocycles. The van der Waals surface area contributed by atoms with Crippen molar-refractivity contribution in [2.75, 3.05) is 5.73 Å². The molecule has 3 rings (SSSR count). The molecular formula is C14H10BrN3O2. The van der Waals surface area contributed by atoms with Gasteiger partial charge in [0.25, 0.3) is 5.91 Å². The van der Waals surface area contributed by atoms with Crippen molar-refractivity contribution in [1.29, 1.82) is 0 Å². The van der Waals surface area contributed by atoms with E-state index in [1.165, 1.54) is 6.07 Å². The second-order valence-corrected chi connectivity index (χ2v) is 5.22. The Kier molecular flexibility index (Phi) is 2.94. The third kappa shape index (κ3) is 2.14. The summed E-state index contributed by atoms with van der Waals surface area (Å²) in [5.74, 6) is -0.179. The first-order valence-corrected chi connectivity index (χ1v) is 6.59. The van der Waals surface area contributed by atoms with E-state index < -0.39 is 5.91 Å². The number of anilines is 1. The number of carbonyl (C=O) groups is 1. The van der Waals surface area contributed by atoms with Crippen molar-refractivity contribution in [3.8, 4) is 11.5 Å². The number of halogens is 1. The largest absolute Gasteiger partial charge is 0.435 e. The number of hydrogen-bond acceptors (Lipinski definition) is 4. The normalized spacial score (nSPS) is 10.8. The molecule has 0 spiro atoms. The second kappa shape index (κ2) is 4.64. The number of fused-ring (bicyclic) bond motifs is 1. The Bertz CT molecular complexity index is 809. The van der Waals surface area contributed by atoms with E-state index in [4.69, 9.17) is 15.9 Å². The van der Waals surface area contributed by atoms with Crippen LogP contribution in [-0.4, -0.2) is 10.9 Å². The van der Waals surface area contributed by atoms with Crippen molar-refractivity contribution in [3.05, 3.63) is 46.4 Å². The quantitative estimate of drug-likeness (QED) is 0.705. The fourth-order valence-corrected chi connectivity index (χ4v) is 2.22. The van der Waals surface area contributed by atoms with E-state index >= 15 is 0 Å². The average Bonchev–Trinajstić information content (AvgIpc) is 2.81. The summed E-state index contributed by atoms with van der Waals surface area (Å²) in [6.45, 7) is 0. The van der Waals surface area contributed by atoms with Crippen molar-refractivity contribution in [2.24, 2.45) is 5.73 Å². The molecule has 0 saturated carbocycles. The highest BCUT2D eigenvalue weighted by molar-refractivity contribution is 9.10. The molecule has 6 heteroatoms. The lowest BCUT2D eigenvalue weighted by molar-refractivity contribution is 0.100. The van der Waals surface area contributed by atoms with E-state index in [0.29, 0.717) is 22.7 Å². The Labute approximate surface area is 122 Å². The Balaban J connectivity index is 2.22. The van der Waals surface area contributed by atoms with E-state index in [1.54, 1.807) is 6.07 Å². The van der Waals surface area contributed by atoms with Crippen LogP contribution in [0.1, 0.15) is 10.4 Å². The molecule has 20 heavy (non-hydrogen) atoms. The SMILES string of the molecule is NC(=O)c1cc(N)cc2nc(-c3ccc(Br)cc3)oc12. The topological polar surface area (TPSA) is 95.1 Å². The smallest absolute Gasteiger partial charge is 0.252 e. The van der Waals surface area contributed by atoms with Gasteiger partial charge in [0.2, 0.25) is 5.89 Å². The number of nitrogen functional groups attached to an aromatic ring is 1. The van der Waals surface area contributed by atoms with Crippen LogP contribution in [0, 0.1) is 0 Å². The molecule has 3 aromatic rings. The van der Waals surface area contributed by atoms with Gasteiger partial charge in [-0.05, 0) is 36.4 Å². The molecule has 1 aromatic heterocycles. The van der Waals surface area contributed by atoms with Crippen molar-refractivity contribution < 1.29 is 9.21 Å². The molecule has 0 aliphatic rings. The number of hydrogen-bond donors (Lipinski definition) is 2. The molecule has 100 valence electrons. The minimum Gasteiger partial charge on any atom is -0.435 e. The van der Waals surface area contributed by atoms with Crippen molar-refractivity contribution in [2.45, 2.75) is 0 Å². The first kappa shape index (κ1) is 12.7. The summed E-state index contributed by atoms with van der Waals surface area (Å²) >= 11 is 3.36. The number of nitrogens with two attached hydrogens (primary N) is 2. The number of primary amides is 1. The Hall–Kier alpha value is -2.34. The van der Waals surface area contributed by atoms with Gasteiger partial charge >= 0.3 is 0 Å². The molecule has 0 fully saturated rings.